The highest BCUT2D eigenvalue weighted by molar-refractivity contribution is 5.61. The number of anilines is 1. The van der Waals surface area contributed by atoms with E-state index in [0.29, 0.717) is 5.75 Å². The minimum Gasteiger partial charge on any atom is -0.434 e. The van der Waals surface area contributed by atoms with Gasteiger partial charge >= 0.3 is 11.6 Å². The number of nitrogens with two attached hydrogens (primary N) is 1. The van der Waals surface area contributed by atoms with Crippen LogP contribution < -0.4 is 16.0 Å². The Balaban J connectivity index is 2.42. The molecule has 0 spiro atoms. The molecule has 0 radical (unpaired) electrons. The first-order valence-electron chi connectivity index (χ1n) is 5.74. The number of hydrogen-bond acceptors (Lipinski definition) is 7. The van der Waals surface area contributed by atoms with Crippen LogP contribution in [0.4, 0.5) is 11.5 Å². The van der Waals surface area contributed by atoms with Gasteiger partial charge in [0.15, 0.2) is 0 Å². The predicted octanol–water partition coefficient (Wildman–Crippen LogP) is 2.08. The third-order valence-corrected chi connectivity index (χ3v) is 2.80. The van der Waals surface area contributed by atoms with Crippen LogP contribution in [0, 0.1) is 24.0 Å². The van der Waals surface area contributed by atoms with Crippen molar-refractivity contribution in [3.63, 3.8) is 0 Å². The second-order valence-electron chi connectivity index (χ2n) is 4.13. The summed E-state index contributed by atoms with van der Waals surface area (Å²) in [5, 5.41) is 11.1. The Morgan fingerprint density at radius 3 is 2.65 bits per heavy atom. The lowest BCUT2D eigenvalue weighted by molar-refractivity contribution is -0.385. The van der Waals surface area contributed by atoms with Gasteiger partial charge in [-0.1, -0.05) is 6.07 Å². The van der Waals surface area contributed by atoms with E-state index in [1.165, 1.54) is 0 Å². The molecular weight excluding hydrogens is 262 g/mol. The summed E-state index contributed by atoms with van der Waals surface area (Å²) in [5.74, 6) is 5.38. The second kappa shape index (κ2) is 5.49. The topological polar surface area (TPSA) is 116 Å². The maximum absolute atomic E-state index is 11.1. The largest absolute Gasteiger partial charge is 0.434 e. The van der Waals surface area contributed by atoms with Crippen LogP contribution in [0.3, 0.4) is 0 Å². The number of ether oxygens (including phenoxy) is 1. The van der Waals surface area contributed by atoms with Crippen molar-refractivity contribution in [1.82, 2.24) is 9.97 Å². The zero-order valence-electron chi connectivity index (χ0n) is 11.0. The molecule has 2 rings (SSSR count). The summed E-state index contributed by atoms with van der Waals surface area (Å²) in [6.45, 7) is 3.88. The zero-order valence-corrected chi connectivity index (χ0v) is 11.0. The average Bonchev–Trinajstić information content (AvgIpc) is 2.42. The molecule has 3 N–H and O–H groups in total. The fraction of sp³-hybridized carbons (Fsp3) is 0.167. The molecule has 20 heavy (non-hydrogen) atoms. The number of nitro groups is 1. The second-order valence-corrected chi connectivity index (χ2v) is 4.13. The Hall–Kier alpha value is -2.74. The molecule has 0 bridgehead atoms. The molecule has 1 aromatic heterocycles. The van der Waals surface area contributed by atoms with Crippen LogP contribution in [0.25, 0.3) is 0 Å². The normalized spacial score (nSPS) is 10.2. The molecule has 0 fully saturated rings. The van der Waals surface area contributed by atoms with Gasteiger partial charge in [0.2, 0.25) is 5.82 Å². The van der Waals surface area contributed by atoms with Gasteiger partial charge in [0.1, 0.15) is 12.1 Å². The lowest BCUT2D eigenvalue weighted by atomic mass is 10.1. The predicted molar refractivity (Wildman–Crippen MR) is 72.5 cm³/mol. The molecule has 0 atom stereocenters. The van der Waals surface area contributed by atoms with E-state index in [1.807, 2.05) is 19.9 Å². The van der Waals surface area contributed by atoms with Crippen LogP contribution in [0.5, 0.6) is 11.6 Å². The van der Waals surface area contributed by atoms with Crippen molar-refractivity contribution in [3.05, 3.63) is 45.8 Å². The SMILES string of the molecule is Cc1ccc(Oc2ncnc(NN)c2[N+](=O)[O-])cc1C. The number of hydrogen-bond donors (Lipinski definition) is 2. The van der Waals surface area contributed by atoms with E-state index in [-0.39, 0.29) is 11.7 Å². The molecule has 0 aliphatic heterocycles. The number of aryl methyl sites for hydroxylation is 2. The van der Waals surface area contributed by atoms with E-state index in [4.69, 9.17) is 10.6 Å². The Morgan fingerprint density at radius 2 is 2.05 bits per heavy atom. The van der Waals surface area contributed by atoms with Crippen molar-refractivity contribution < 1.29 is 9.66 Å². The van der Waals surface area contributed by atoms with Gasteiger partial charge < -0.3 is 10.2 Å². The molecule has 0 aliphatic rings. The number of nitrogens with zero attached hydrogens (tertiary/aromatic N) is 3. The van der Waals surface area contributed by atoms with Gasteiger partial charge in [-0.05, 0) is 37.1 Å². The summed E-state index contributed by atoms with van der Waals surface area (Å²) in [5.41, 5.74) is 3.85. The molecular formula is C12H13N5O3. The molecule has 0 unspecified atom stereocenters. The van der Waals surface area contributed by atoms with E-state index in [0.717, 1.165) is 17.5 Å². The molecule has 0 aliphatic carbocycles. The van der Waals surface area contributed by atoms with Crippen LogP contribution >= 0.6 is 0 Å². The summed E-state index contributed by atoms with van der Waals surface area (Å²) in [7, 11) is 0. The minimum absolute atomic E-state index is 0.108. The van der Waals surface area contributed by atoms with E-state index in [1.54, 1.807) is 12.1 Å². The Morgan fingerprint density at radius 1 is 1.30 bits per heavy atom. The van der Waals surface area contributed by atoms with Crippen LogP contribution in [0.2, 0.25) is 0 Å². The van der Waals surface area contributed by atoms with Crippen LogP contribution in [0.15, 0.2) is 24.5 Å². The maximum Gasteiger partial charge on any atom is 0.374 e. The third kappa shape index (κ3) is 2.64. The van der Waals surface area contributed by atoms with Crippen molar-refractivity contribution >= 4 is 11.5 Å². The summed E-state index contributed by atoms with van der Waals surface area (Å²) in [4.78, 5) is 17.9. The Kier molecular flexibility index (Phi) is 3.76. The first kappa shape index (κ1) is 13.7. The maximum atomic E-state index is 11.1. The molecule has 104 valence electrons. The number of nitrogen functional groups attached to an aromatic ring is 1. The Bertz CT molecular complexity index is 660. The van der Waals surface area contributed by atoms with Gasteiger partial charge in [0, 0.05) is 0 Å². The standard InChI is InChI=1S/C12H13N5O3/c1-7-3-4-9(5-8(7)2)20-12-10(17(18)19)11(16-13)14-6-15-12/h3-6H,13H2,1-2H3,(H,14,15,16). The number of aromatic nitrogens is 2. The van der Waals surface area contributed by atoms with Crippen LogP contribution in [-0.2, 0) is 0 Å². The smallest absolute Gasteiger partial charge is 0.374 e. The number of hydrazine groups is 1. The lowest BCUT2D eigenvalue weighted by Crippen LogP contribution is -2.12. The van der Waals surface area contributed by atoms with E-state index in [2.05, 4.69) is 15.4 Å². The summed E-state index contributed by atoms with van der Waals surface area (Å²) in [6.07, 6.45) is 1.14. The van der Waals surface area contributed by atoms with E-state index < -0.39 is 10.6 Å². The fourth-order valence-electron chi connectivity index (χ4n) is 1.60. The van der Waals surface area contributed by atoms with Gasteiger partial charge in [-0.15, -0.1) is 0 Å². The molecule has 0 amide bonds. The zero-order chi connectivity index (χ0) is 14.7. The van der Waals surface area contributed by atoms with Crippen LogP contribution in [0.1, 0.15) is 11.1 Å². The molecule has 1 heterocycles. The van der Waals surface area contributed by atoms with Crippen molar-refractivity contribution in [3.8, 4) is 11.6 Å². The highest BCUT2D eigenvalue weighted by atomic mass is 16.6. The van der Waals surface area contributed by atoms with Crippen molar-refractivity contribution in [2.45, 2.75) is 13.8 Å². The molecule has 1 aromatic carbocycles. The molecule has 8 nitrogen and oxygen atoms in total. The van der Waals surface area contributed by atoms with Gasteiger partial charge in [-0.2, -0.15) is 4.98 Å². The molecule has 8 heteroatoms. The summed E-state index contributed by atoms with van der Waals surface area (Å²) < 4.78 is 5.46. The van der Waals surface area contributed by atoms with Gasteiger partial charge in [-0.25, -0.2) is 10.8 Å². The van der Waals surface area contributed by atoms with E-state index >= 15 is 0 Å². The molecule has 0 saturated carbocycles. The highest BCUT2D eigenvalue weighted by Gasteiger charge is 2.24. The van der Waals surface area contributed by atoms with Crippen molar-refractivity contribution in [2.24, 2.45) is 5.84 Å². The third-order valence-electron chi connectivity index (χ3n) is 2.80. The van der Waals surface area contributed by atoms with Gasteiger partial charge in [0.05, 0.1) is 4.92 Å². The fourth-order valence-corrected chi connectivity index (χ4v) is 1.60. The minimum atomic E-state index is -0.647. The highest BCUT2D eigenvalue weighted by Crippen LogP contribution is 2.33. The monoisotopic (exact) mass is 275 g/mol. The Labute approximate surface area is 114 Å². The molecule has 2 aromatic rings. The summed E-state index contributed by atoms with van der Waals surface area (Å²) in [6, 6.07) is 5.35. The van der Waals surface area contributed by atoms with E-state index in [9.17, 15) is 10.1 Å². The average molecular weight is 275 g/mol. The first-order chi connectivity index (χ1) is 9.52. The number of benzene rings is 1. The lowest BCUT2D eigenvalue weighted by Gasteiger charge is -2.08. The van der Waals surface area contributed by atoms with Crippen LogP contribution in [-0.4, -0.2) is 14.9 Å². The van der Waals surface area contributed by atoms with Gasteiger partial charge in [0.25, 0.3) is 0 Å². The first-order valence-corrected chi connectivity index (χ1v) is 5.74. The summed E-state index contributed by atoms with van der Waals surface area (Å²) >= 11 is 0. The quantitative estimate of drug-likeness (QED) is 0.498. The van der Waals surface area contributed by atoms with Crippen molar-refractivity contribution in [1.29, 1.82) is 0 Å². The van der Waals surface area contributed by atoms with Gasteiger partial charge in [-0.3, -0.25) is 10.1 Å². The molecule has 0 saturated heterocycles. The number of nitrogens with one attached hydrogen (secondary N) is 1. The number of rotatable bonds is 4. The van der Waals surface area contributed by atoms with Crippen molar-refractivity contribution in [2.75, 3.05) is 5.43 Å².